The third kappa shape index (κ3) is 9.34. The molecule has 2 aliphatic carbocycles. The molecule has 3 rings (SSSR count). The highest BCUT2D eigenvalue weighted by molar-refractivity contribution is 5.66. The number of rotatable bonds is 13. The Hall–Kier alpha value is -1.39. The van der Waals surface area contributed by atoms with E-state index in [0.29, 0.717) is 25.2 Å². The van der Waals surface area contributed by atoms with Crippen LogP contribution in [-0.2, 0) is 14.3 Å². The lowest BCUT2D eigenvalue weighted by Gasteiger charge is -2.29. The second-order valence-corrected chi connectivity index (χ2v) is 10.5. The van der Waals surface area contributed by atoms with Crippen LogP contribution in [0.5, 0.6) is 0 Å². The molecule has 3 fully saturated rings. The smallest absolute Gasteiger partial charge is 0.303 e. The number of aliphatic hydroxyl groups is 2. The van der Waals surface area contributed by atoms with Crippen molar-refractivity contribution < 1.29 is 29.6 Å². The van der Waals surface area contributed by atoms with Gasteiger partial charge in [-0.3, -0.25) is 4.79 Å². The van der Waals surface area contributed by atoms with Gasteiger partial charge in [0.2, 0.25) is 0 Å². The zero-order chi connectivity index (χ0) is 24.3. The molecule has 6 heteroatoms. The summed E-state index contributed by atoms with van der Waals surface area (Å²) in [4.78, 5) is 10.7. The number of unbranched alkanes of at least 4 members (excludes halogenated alkanes) is 3. The van der Waals surface area contributed by atoms with Gasteiger partial charge in [-0.2, -0.15) is 0 Å². The maximum atomic E-state index is 10.9. The molecule has 0 aromatic heterocycles. The summed E-state index contributed by atoms with van der Waals surface area (Å²) in [6.45, 7) is 2.75. The first-order valence-corrected chi connectivity index (χ1v) is 13.5. The van der Waals surface area contributed by atoms with E-state index in [2.05, 4.69) is 17.9 Å². The number of aliphatic hydroxyl groups excluding tert-OH is 2. The fourth-order valence-corrected chi connectivity index (χ4v) is 5.07. The van der Waals surface area contributed by atoms with Crippen LogP contribution in [0.15, 0.2) is 12.2 Å². The quantitative estimate of drug-likeness (QED) is 0.203. The molecule has 192 valence electrons. The average molecular weight is 477 g/mol. The second kappa shape index (κ2) is 14.2. The van der Waals surface area contributed by atoms with E-state index in [4.69, 9.17) is 14.6 Å². The van der Waals surface area contributed by atoms with Gasteiger partial charge >= 0.3 is 5.97 Å². The third-order valence-corrected chi connectivity index (χ3v) is 7.46. The molecule has 6 nitrogen and oxygen atoms in total. The molecule has 0 radical (unpaired) electrons. The minimum Gasteiger partial charge on any atom is -0.481 e. The van der Waals surface area contributed by atoms with E-state index in [-0.39, 0.29) is 36.6 Å². The molecular weight excluding hydrogens is 432 g/mol. The van der Waals surface area contributed by atoms with Gasteiger partial charge in [-0.1, -0.05) is 44.3 Å². The van der Waals surface area contributed by atoms with Gasteiger partial charge in [0.05, 0.1) is 18.3 Å². The van der Waals surface area contributed by atoms with Crippen LogP contribution in [0.25, 0.3) is 0 Å². The predicted molar refractivity (Wildman–Crippen MR) is 131 cm³/mol. The highest BCUT2D eigenvalue weighted by atomic mass is 16.7. The Balaban J connectivity index is 1.56. The van der Waals surface area contributed by atoms with Crippen LogP contribution in [0.3, 0.4) is 0 Å². The van der Waals surface area contributed by atoms with Gasteiger partial charge in [-0.05, 0) is 56.8 Å². The van der Waals surface area contributed by atoms with E-state index in [1.807, 2.05) is 13.0 Å². The molecule has 0 spiro atoms. The van der Waals surface area contributed by atoms with Gasteiger partial charge in [0, 0.05) is 37.7 Å². The summed E-state index contributed by atoms with van der Waals surface area (Å²) in [7, 11) is 0. The highest BCUT2D eigenvalue weighted by Gasteiger charge is 2.42. The standard InChI is InChI=1S/C28H44O6/c1-20(9-8-10-21-14-15-21)24(29)17-16-23-22(11-4-2-3-5-12-27(31)32)25(30)19-26(23)34-28-13-6-7-18-33-28/h16-17,20-26,28-30H,2-7,9,11-15,18-19H2,1H3,(H,31,32)/b17-16+/t20-,22+,23+,24+,25-,26+,28?/m0/s1. The molecule has 1 saturated heterocycles. The first kappa shape index (κ1) is 27.2. The normalized spacial score (nSPS) is 31.2. The zero-order valence-electron chi connectivity index (χ0n) is 20.7. The fraction of sp³-hybridized carbons (Fsp3) is 0.821. The second-order valence-electron chi connectivity index (χ2n) is 10.5. The van der Waals surface area contributed by atoms with Crippen molar-refractivity contribution in [2.75, 3.05) is 6.61 Å². The number of hydrogen-bond donors (Lipinski definition) is 3. The fourth-order valence-electron chi connectivity index (χ4n) is 5.07. The Kier molecular flexibility index (Phi) is 11.4. The van der Waals surface area contributed by atoms with E-state index >= 15 is 0 Å². The lowest BCUT2D eigenvalue weighted by Crippen LogP contribution is -2.31. The van der Waals surface area contributed by atoms with E-state index in [9.17, 15) is 15.0 Å². The lowest BCUT2D eigenvalue weighted by molar-refractivity contribution is -0.193. The van der Waals surface area contributed by atoms with Gasteiger partial charge in [-0.15, -0.1) is 5.92 Å². The average Bonchev–Trinajstić information content (AvgIpc) is 3.59. The lowest BCUT2D eigenvalue weighted by atomic mass is 9.87. The number of carbonyl (C=O) groups is 1. The van der Waals surface area contributed by atoms with Crippen LogP contribution in [0, 0.1) is 35.5 Å². The number of aliphatic carboxylic acids is 1. The molecule has 0 amide bonds. The number of carboxylic acids is 1. The monoisotopic (exact) mass is 476 g/mol. The molecule has 1 unspecified atom stereocenters. The van der Waals surface area contributed by atoms with Crippen molar-refractivity contribution in [3.63, 3.8) is 0 Å². The molecule has 0 aromatic carbocycles. The number of carboxylic acid groups (broad SMARTS) is 1. The van der Waals surface area contributed by atoms with Gasteiger partial charge in [0.25, 0.3) is 0 Å². The van der Waals surface area contributed by atoms with Crippen molar-refractivity contribution in [2.45, 2.75) is 115 Å². The van der Waals surface area contributed by atoms with E-state index in [1.54, 1.807) is 0 Å². The zero-order valence-corrected chi connectivity index (χ0v) is 20.7. The molecular formula is C28H44O6. The molecule has 7 atom stereocenters. The van der Waals surface area contributed by atoms with Crippen LogP contribution in [0.1, 0.15) is 90.4 Å². The molecule has 0 bridgehead atoms. The first-order valence-electron chi connectivity index (χ1n) is 13.5. The molecule has 1 aliphatic heterocycles. The highest BCUT2D eigenvalue weighted by Crippen LogP contribution is 2.40. The molecule has 2 saturated carbocycles. The summed E-state index contributed by atoms with van der Waals surface area (Å²) in [5.74, 6) is 6.47. The van der Waals surface area contributed by atoms with E-state index in [1.165, 1.54) is 12.8 Å². The first-order chi connectivity index (χ1) is 16.4. The van der Waals surface area contributed by atoms with Crippen molar-refractivity contribution in [3.8, 4) is 11.8 Å². The van der Waals surface area contributed by atoms with Crippen LogP contribution < -0.4 is 0 Å². The Morgan fingerprint density at radius 1 is 1.18 bits per heavy atom. The molecule has 3 aliphatic rings. The maximum Gasteiger partial charge on any atom is 0.303 e. The van der Waals surface area contributed by atoms with Crippen molar-refractivity contribution in [2.24, 2.45) is 23.7 Å². The Labute approximate surface area is 205 Å². The van der Waals surface area contributed by atoms with E-state index in [0.717, 1.165) is 51.6 Å². The number of hydrogen-bond acceptors (Lipinski definition) is 5. The molecule has 3 N–H and O–H groups in total. The summed E-state index contributed by atoms with van der Waals surface area (Å²) in [6, 6.07) is 0. The Morgan fingerprint density at radius 3 is 2.68 bits per heavy atom. The van der Waals surface area contributed by atoms with Gasteiger partial charge in [-0.25, -0.2) is 0 Å². The molecule has 1 heterocycles. The summed E-state index contributed by atoms with van der Waals surface area (Å²) in [5.41, 5.74) is 0. The molecule has 0 aromatic rings. The van der Waals surface area contributed by atoms with Crippen LogP contribution in [0.2, 0.25) is 0 Å². The minimum atomic E-state index is -0.743. The van der Waals surface area contributed by atoms with Gasteiger partial charge in [0.15, 0.2) is 6.29 Å². The predicted octanol–water partition coefficient (Wildman–Crippen LogP) is 4.68. The summed E-state index contributed by atoms with van der Waals surface area (Å²) >= 11 is 0. The largest absolute Gasteiger partial charge is 0.481 e. The Morgan fingerprint density at radius 2 is 1.97 bits per heavy atom. The Bertz CT molecular complexity index is 699. The third-order valence-electron chi connectivity index (χ3n) is 7.46. The maximum absolute atomic E-state index is 10.9. The van der Waals surface area contributed by atoms with Crippen molar-refractivity contribution in [1.29, 1.82) is 0 Å². The SMILES string of the molecule is C[C@@H](CC#CC1CC1)[C@H](O)/C=C/[C@@H]1[C@@H](CCCCCCC(=O)O)[C@@H](O)C[C@H]1OC1CCCCO1. The van der Waals surface area contributed by atoms with E-state index < -0.39 is 18.2 Å². The molecule has 34 heavy (non-hydrogen) atoms. The van der Waals surface area contributed by atoms with Crippen LogP contribution in [-0.4, -0.2) is 52.5 Å². The minimum absolute atomic E-state index is 0.0268. The van der Waals surface area contributed by atoms with Crippen molar-refractivity contribution in [3.05, 3.63) is 12.2 Å². The summed E-state index contributed by atoms with van der Waals surface area (Å²) in [6.07, 6.45) is 13.9. The van der Waals surface area contributed by atoms with Crippen LogP contribution >= 0.6 is 0 Å². The van der Waals surface area contributed by atoms with Gasteiger partial charge < -0.3 is 24.8 Å². The van der Waals surface area contributed by atoms with Gasteiger partial charge in [0.1, 0.15) is 0 Å². The summed E-state index contributed by atoms with van der Waals surface area (Å²) in [5, 5.41) is 30.4. The summed E-state index contributed by atoms with van der Waals surface area (Å²) < 4.78 is 12.1. The number of ether oxygens (including phenoxy) is 2. The topological polar surface area (TPSA) is 96.2 Å². The van der Waals surface area contributed by atoms with Crippen molar-refractivity contribution >= 4 is 5.97 Å². The van der Waals surface area contributed by atoms with Crippen LogP contribution in [0.4, 0.5) is 0 Å². The van der Waals surface area contributed by atoms with Crippen molar-refractivity contribution in [1.82, 2.24) is 0 Å².